The van der Waals surface area contributed by atoms with Crippen molar-refractivity contribution in [2.24, 2.45) is 5.73 Å². The van der Waals surface area contributed by atoms with E-state index in [-0.39, 0.29) is 12.5 Å². The first-order chi connectivity index (χ1) is 9.65. The Morgan fingerprint density at radius 3 is 2.65 bits per heavy atom. The summed E-state index contributed by atoms with van der Waals surface area (Å²) in [6, 6.07) is 3.94. The number of aromatic nitrogens is 1. The fourth-order valence-corrected chi connectivity index (χ4v) is 2.45. The second-order valence-corrected chi connectivity index (χ2v) is 5.52. The van der Waals surface area contributed by atoms with Gasteiger partial charge in [-0.05, 0) is 28.1 Å². The number of ether oxygens (including phenoxy) is 1. The molecule has 0 spiro atoms. The lowest BCUT2D eigenvalue weighted by Gasteiger charge is -2.36. The molecule has 1 fully saturated rings. The van der Waals surface area contributed by atoms with Gasteiger partial charge in [-0.25, -0.2) is 4.98 Å². The average Bonchev–Trinajstić information content (AvgIpc) is 2.49. The van der Waals surface area contributed by atoms with E-state index in [0.29, 0.717) is 13.1 Å². The molecule has 0 saturated carbocycles. The quantitative estimate of drug-likeness (QED) is 0.860. The first-order valence-corrected chi connectivity index (χ1v) is 7.33. The second kappa shape index (κ2) is 7.01. The Labute approximate surface area is 127 Å². The predicted molar refractivity (Wildman–Crippen MR) is 80.6 cm³/mol. The van der Waals surface area contributed by atoms with E-state index < -0.39 is 6.10 Å². The number of hydrogen-bond acceptors (Lipinski definition) is 5. The molecule has 2 heterocycles. The van der Waals surface area contributed by atoms with Crippen LogP contribution in [0.15, 0.2) is 22.8 Å². The lowest BCUT2D eigenvalue weighted by molar-refractivity contribution is -0.141. The highest BCUT2D eigenvalue weighted by molar-refractivity contribution is 9.10. The van der Waals surface area contributed by atoms with Crippen molar-refractivity contribution in [2.75, 3.05) is 44.7 Å². The summed E-state index contributed by atoms with van der Waals surface area (Å²) in [5.74, 6) is 0.904. The van der Waals surface area contributed by atoms with Crippen LogP contribution in [-0.4, -0.2) is 61.7 Å². The molecule has 1 aliphatic rings. The molecule has 1 saturated heterocycles. The maximum absolute atomic E-state index is 12.1. The van der Waals surface area contributed by atoms with Gasteiger partial charge in [0, 0.05) is 50.5 Å². The summed E-state index contributed by atoms with van der Waals surface area (Å²) in [7, 11) is 1.51. The van der Waals surface area contributed by atoms with Crippen LogP contribution in [0.5, 0.6) is 0 Å². The molecular weight excluding hydrogens is 324 g/mol. The number of carbonyl (C=O) groups excluding carboxylic acids is 1. The van der Waals surface area contributed by atoms with Gasteiger partial charge in [-0.15, -0.1) is 0 Å². The largest absolute Gasteiger partial charge is 0.370 e. The smallest absolute Gasteiger partial charge is 0.253 e. The highest BCUT2D eigenvalue weighted by Gasteiger charge is 2.26. The van der Waals surface area contributed by atoms with Gasteiger partial charge in [0.05, 0.1) is 0 Å². The number of amides is 1. The zero-order chi connectivity index (χ0) is 14.5. The van der Waals surface area contributed by atoms with Crippen molar-refractivity contribution >= 4 is 27.7 Å². The molecule has 1 aromatic heterocycles. The molecule has 1 aromatic rings. The summed E-state index contributed by atoms with van der Waals surface area (Å²) in [5.41, 5.74) is 5.53. The predicted octanol–water partition coefficient (Wildman–Crippen LogP) is 0.466. The number of nitrogens with two attached hydrogens (primary N) is 1. The lowest BCUT2D eigenvalue weighted by Crippen LogP contribution is -2.53. The Bertz CT molecular complexity index is 442. The fourth-order valence-electron chi connectivity index (χ4n) is 2.21. The fraction of sp³-hybridized carbons (Fsp3) is 0.538. The van der Waals surface area contributed by atoms with E-state index in [4.69, 9.17) is 10.5 Å². The minimum absolute atomic E-state index is 0.0292. The van der Waals surface area contributed by atoms with Gasteiger partial charge in [-0.3, -0.25) is 4.79 Å². The normalized spacial score (nSPS) is 17.1. The van der Waals surface area contributed by atoms with Gasteiger partial charge in [-0.1, -0.05) is 0 Å². The molecule has 2 rings (SSSR count). The van der Waals surface area contributed by atoms with Gasteiger partial charge < -0.3 is 20.3 Å². The van der Waals surface area contributed by atoms with Crippen LogP contribution in [0.4, 0.5) is 5.82 Å². The molecule has 1 atom stereocenters. The van der Waals surface area contributed by atoms with Crippen LogP contribution < -0.4 is 10.6 Å². The van der Waals surface area contributed by atoms with Crippen LogP contribution in [0.1, 0.15) is 0 Å². The summed E-state index contributed by atoms with van der Waals surface area (Å²) < 4.78 is 6.05. The molecular formula is C13H19BrN4O2. The Morgan fingerprint density at radius 2 is 2.15 bits per heavy atom. The molecule has 0 aromatic carbocycles. The molecule has 1 unspecified atom stereocenters. The Balaban J connectivity index is 1.92. The minimum atomic E-state index is -0.535. The Morgan fingerprint density at radius 1 is 1.45 bits per heavy atom. The highest BCUT2D eigenvalue weighted by Crippen LogP contribution is 2.16. The van der Waals surface area contributed by atoms with Crippen LogP contribution in [0.25, 0.3) is 0 Å². The SMILES string of the molecule is COC(CN)C(=O)N1CCN(c2ccc(Br)cn2)CC1. The van der Waals surface area contributed by atoms with E-state index in [0.717, 1.165) is 23.4 Å². The topological polar surface area (TPSA) is 71.7 Å². The molecule has 0 bridgehead atoms. The number of carbonyl (C=O) groups is 1. The minimum Gasteiger partial charge on any atom is -0.370 e. The van der Waals surface area contributed by atoms with Crippen molar-refractivity contribution in [1.82, 2.24) is 9.88 Å². The lowest BCUT2D eigenvalue weighted by atomic mass is 10.2. The summed E-state index contributed by atoms with van der Waals surface area (Å²) in [6.45, 7) is 3.07. The van der Waals surface area contributed by atoms with Crippen molar-refractivity contribution < 1.29 is 9.53 Å². The third kappa shape index (κ3) is 3.47. The molecule has 20 heavy (non-hydrogen) atoms. The monoisotopic (exact) mass is 342 g/mol. The third-order valence-electron chi connectivity index (χ3n) is 3.40. The summed E-state index contributed by atoms with van der Waals surface area (Å²) in [4.78, 5) is 20.5. The van der Waals surface area contributed by atoms with E-state index in [1.807, 2.05) is 12.1 Å². The number of rotatable bonds is 4. The molecule has 110 valence electrons. The van der Waals surface area contributed by atoms with E-state index in [1.165, 1.54) is 7.11 Å². The average molecular weight is 343 g/mol. The molecule has 0 aliphatic carbocycles. The van der Waals surface area contributed by atoms with Crippen LogP contribution >= 0.6 is 15.9 Å². The standard InChI is InChI=1S/C13H19BrN4O2/c1-20-11(8-15)13(19)18-6-4-17(5-7-18)12-3-2-10(14)9-16-12/h2-3,9,11H,4-8,15H2,1H3. The maximum Gasteiger partial charge on any atom is 0.253 e. The van der Waals surface area contributed by atoms with Crippen molar-refractivity contribution in [2.45, 2.75) is 6.10 Å². The maximum atomic E-state index is 12.1. The number of methoxy groups -OCH3 is 1. The van der Waals surface area contributed by atoms with Crippen LogP contribution in [0, 0.1) is 0 Å². The summed E-state index contributed by atoms with van der Waals surface area (Å²) in [6.07, 6.45) is 1.25. The summed E-state index contributed by atoms with van der Waals surface area (Å²) in [5, 5.41) is 0. The molecule has 7 heteroatoms. The van der Waals surface area contributed by atoms with E-state index in [9.17, 15) is 4.79 Å². The molecule has 2 N–H and O–H groups in total. The highest BCUT2D eigenvalue weighted by atomic mass is 79.9. The van der Waals surface area contributed by atoms with E-state index in [1.54, 1.807) is 11.1 Å². The number of nitrogens with zero attached hydrogens (tertiary/aromatic N) is 3. The van der Waals surface area contributed by atoms with Crippen LogP contribution in [0.2, 0.25) is 0 Å². The van der Waals surface area contributed by atoms with Gasteiger partial charge in [0.25, 0.3) is 5.91 Å². The van der Waals surface area contributed by atoms with Crippen LogP contribution in [-0.2, 0) is 9.53 Å². The van der Waals surface area contributed by atoms with E-state index >= 15 is 0 Å². The Hall–Kier alpha value is -1.18. The first kappa shape index (κ1) is 15.2. The van der Waals surface area contributed by atoms with Gasteiger partial charge in [0.15, 0.2) is 0 Å². The van der Waals surface area contributed by atoms with E-state index in [2.05, 4.69) is 25.8 Å². The van der Waals surface area contributed by atoms with Crippen molar-refractivity contribution in [3.05, 3.63) is 22.8 Å². The first-order valence-electron chi connectivity index (χ1n) is 6.54. The number of hydrogen-bond donors (Lipinski definition) is 1. The van der Waals surface area contributed by atoms with Gasteiger partial charge in [0.2, 0.25) is 0 Å². The zero-order valence-electron chi connectivity index (χ0n) is 11.5. The molecule has 1 aliphatic heterocycles. The Kier molecular flexibility index (Phi) is 5.33. The number of pyridine rings is 1. The second-order valence-electron chi connectivity index (χ2n) is 4.61. The van der Waals surface area contributed by atoms with Crippen molar-refractivity contribution in [1.29, 1.82) is 0 Å². The van der Waals surface area contributed by atoms with Gasteiger partial charge in [0.1, 0.15) is 11.9 Å². The number of piperazine rings is 1. The van der Waals surface area contributed by atoms with Gasteiger partial charge >= 0.3 is 0 Å². The van der Waals surface area contributed by atoms with Gasteiger partial charge in [-0.2, -0.15) is 0 Å². The number of anilines is 1. The molecule has 0 radical (unpaired) electrons. The summed E-state index contributed by atoms with van der Waals surface area (Å²) >= 11 is 3.37. The van der Waals surface area contributed by atoms with Crippen LogP contribution in [0.3, 0.4) is 0 Å². The third-order valence-corrected chi connectivity index (χ3v) is 3.87. The van der Waals surface area contributed by atoms with Crippen molar-refractivity contribution in [3.8, 4) is 0 Å². The zero-order valence-corrected chi connectivity index (χ0v) is 13.0. The molecule has 6 nitrogen and oxygen atoms in total. The molecule has 1 amide bonds. The van der Waals surface area contributed by atoms with Crippen molar-refractivity contribution in [3.63, 3.8) is 0 Å². The number of halogens is 1.